The number of benzene rings is 1. The summed E-state index contributed by atoms with van der Waals surface area (Å²) in [6, 6.07) is 7.76. The zero-order chi connectivity index (χ0) is 14.5. The molecule has 1 aliphatic rings. The van der Waals surface area contributed by atoms with E-state index in [1.807, 2.05) is 24.3 Å². The Labute approximate surface area is 121 Å². The van der Waals surface area contributed by atoms with E-state index in [1.165, 1.54) is 12.7 Å². The van der Waals surface area contributed by atoms with Crippen LogP contribution in [0, 0.1) is 0 Å². The Morgan fingerprint density at radius 2 is 2.10 bits per heavy atom. The van der Waals surface area contributed by atoms with E-state index in [2.05, 4.69) is 22.0 Å². The van der Waals surface area contributed by atoms with Crippen LogP contribution in [0.2, 0.25) is 0 Å². The number of hydrogen-bond donors (Lipinski definition) is 1. The topological polar surface area (TPSA) is 67.8 Å². The summed E-state index contributed by atoms with van der Waals surface area (Å²) in [5.74, 6) is -0.902. The van der Waals surface area contributed by atoms with Gasteiger partial charge in [0.05, 0.1) is 17.7 Å². The van der Waals surface area contributed by atoms with Crippen molar-refractivity contribution in [1.82, 2.24) is 5.32 Å². The molecule has 6 heteroatoms. The Kier molecular flexibility index (Phi) is 4.57. The zero-order valence-corrected chi connectivity index (χ0v) is 12.0. The number of nitrogens with zero attached hydrogens (tertiary/aromatic N) is 1. The van der Waals surface area contributed by atoms with Crippen molar-refractivity contribution in [3.05, 3.63) is 40.8 Å². The van der Waals surface area contributed by atoms with Gasteiger partial charge in [-0.15, -0.1) is 0 Å². The number of ether oxygens (including phenoxy) is 1. The van der Waals surface area contributed by atoms with Crippen LogP contribution < -0.4 is 5.32 Å². The minimum atomic E-state index is -0.559. The Hall–Kier alpha value is -2.08. The molecule has 0 radical (unpaired) electrons. The lowest BCUT2D eigenvalue weighted by atomic mass is 10.2. The molecular weight excluding hydrogens is 276 g/mol. The first-order chi connectivity index (χ1) is 9.62. The molecule has 20 heavy (non-hydrogen) atoms. The Morgan fingerprint density at radius 3 is 2.70 bits per heavy atom. The molecule has 0 saturated carbocycles. The molecule has 0 spiro atoms. The van der Waals surface area contributed by atoms with Crippen molar-refractivity contribution >= 4 is 34.5 Å². The summed E-state index contributed by atoms with van der Waals surface area (Å²) < 4.78 is 4.49. The first-order valence-corrected chi connectivity index (χ1v) is 6.90. The van der Waals surface area contributed by atoms with Gasteiger partial charge < -0.3 is 10.1 Å². The Bertz CT molecular complexity index is 591. The van der Waals surface area contributed by atoms with Gasteiger partial charge in [-0.05, 0) is 35.9 Å². The van der Waals surface area contributed by atoms with Crippen molar-refractivity contribution in [3.63, 3.8) is 0 Å². The Balaban J connectivity index is 2.14. The number of nitrogens with one attached hydrogen (secondary N) is 1. The molecule has 1 aromatic carbocycles. The van der Waals surface area contributed by atoms with E-state index in [0.717, 1.165) is 29.9 Å². The molecule has 1 saturated heterocycles. The van der Waals surface area contributed by atoms with E-state index in [-0.39, 0.29) is 10.8 Å². The summed E-state index contributed by atoms with van der Waals surface area (Å²) in [7, 11) is 1.27. The number of methoxy groups -OCH3 is 1. The summed E-state index contributed by atoms with van der Waals surface area (Å²) in [6.07, 6.45) is 2.12. The fraction of sp³-hybridized carbons (Fsp3) is 0.214. The number of aliphatic imine (C=N–C) groups is 1. The van der Waals surface area contributed by atoms with Gasteiger partial charge in [-0.1, -0.05) is 19.1 Å². The summed E-state index contributed by atoms with van der Waals surface area (Å²) in [5, 5.41) is 3.06. The summed E-state index contributed by atoms with van der Waals surface area (Å²) in [4.78, 5) is 27.4. The summed E-state index contributed by atoms with van der Waals surface area (Å²) in [5.41, 5.74) is 1.98. The van der Waals surface area contributed by atoms with E-state index < -0.39 is 5.97 Å². The van der Waals surface area contributed by atoms with Crippen LogP contribution in [0.4, 0.5) is 5.69 Å². The van der Waals surface area contributed by atoms with Gasteiger partial charge in [-0.3, -0.25) is 4.79 Å². The highest BCUT2D eigenvalue weighted by atomic mass is 32.2. The third kappa shape index (κ3) is 3.48. The molecule has 1 aliphatic heterocycles. The van der Waals surface area contributed by atoms with Crippen LogP contribution in [0.15, 0.2) is 40.2 Å². The minimum Gasteiger partial charge on any atom is -0.466 e. The van der Waals surface area contributed by atoms with Crippen LogP contribution in [-0.4, -0.2) is 24.2 Å². The number of esters is 1. The molecular formula is C14H14N2O3S. The Morgan fingerprint density at radius 1 is 1.40 bits per heavy atom. The van der Waals surface area contributed by atoms with Gasteiger partial charge in [-0.25, -0.2) is 9.79 Å². The van der Waals surface area contributed by atoms with Gasteiger partial charge in [0.25, 0.3) is 5.91 Å². The van der Waals surface area contributed by atoms with Gasteiger partial charge >= 0.3 is 5.97 Å². The van der Waals surface area contributed by atoms with Crippen LogP contribution >= 0.6 is 11.8 Å². The molecule has 0 aliphatic carbocycles. The monoisotopic (exact) mass is 290 g/mol. The number of carbonyl (C=O) groups excluding carboxylic acids is 2. The highest BCUT2D eigenvalue weighted by Gasteiger charge is 2.24. The van der Waals surface area contributed by atoms with Crippen molar-refractivity contribution in [2.24, 2.45) is 4.99 Å². The molecule has 1 aromatic rings. The fourth-order valence-corrected chi connectivity index (χ4v) is 2.37. The van der Waals surface area contributed by atoms with Gasteiger partial charge in [0, 0.05) is 6.08 Å². The first kappa shape index (κ1) is 14.3. The maximum Gasteiger partial charge on any atom is 0.331 e. The van der Waals surface area contributed by atoms with Gasteiger partial charge in [-0.2, -0.15) is 0 Å². The van der Waals surface area contributed by atoms with Crippen LogP contribution in [0.5, 0.6) is 0 Å². The number of aryl methyl sites for hydroxylation is 1. The summed E-state index contributed by atoms with van der Waals surface area (Å²) >= 11 is 1.12. The molecule has 1 fully saturated rings. The van der Waals surface area contributed by atoms with E-state index in [0.29, 0.717) is 5.17 Å². The molecule has 0 unspecified atom stereocenters. The molecule has 1 amide bonds. The maximum atomic E-state index is 11.6. The van der Waals surface area contributed by atoms with Gasteiger partial charge in [0.15, 0.2) is 5.17 Å². The largest absolute Gasteiger partial charge is 0.466 e. The number of amidine groups is 1. The highest BCUT2D eigenvalue weighted by Crippen LogP contribution is 2.26. The second-order valence-corrected chi connectivity index (χ2v) is 5.06. The average Bonchev–Trinajstić information content (AvgIpc) is 2.79. The smallest absolute Gasteiger partial charge is 0.331 e. The van der Waals surface area contributed by atoms with Crippen molar-refractivity contribution in [2.75, 3.05) is 7.11 Å². The second kappa shape index (κ2) is 6.38. The van der Waals surface area contributed by atoms with Gasteiger partial charge in [0.1, 0.15) is 0 Å². The normalized spacial score (nSPS) is 18.4. The van der Waals surface area contributed by atoms with E-state index in [4.69, 9.17) is 0 Å². The lowest BCUT2D eigenvalue weighted by molar-refractivity contribution is -0.135. The third-order valence-corrected chi connectivity index (χ3v) is 3.59. The lowest BCUT2D eigenvalue weighted by Gasteiger charge is -1.98. The highest BCUT2D eigenvalue weighted by molar-refractivity contribution is 8.18. The molecule has 0 atom stereocenters. The first-order valence-electron chi connectivity index (χ1n) is 6.09. The van der Waals surface area contributed by atoms with Crippen molar-refractivity contribution in [1.29, 1.82) is 0 Å². The SMILES string of the molecule is CCc1ccc(N=C2NC(=O)/C(=C\C(=O)OC)S2)cc1. The van der Waals surface area contributed by atoms with Crippen molar-refractivity contribution < 1.29 is 14.3 Å². The standard InChI is InChI=1S/C14H14N2O3S/c1-3-9-4-6-10(7-5-9)15-14-16-13(18)11(20-14)8-12(17)19-2/h4-8H,3H2,1-2H3,(H,15,16,18)/b11-8+. The molecule has 1 heterocycles. The fourth-order valence-electron chi connectivity index (χ4n) is 1.57. The molecule has 104 valence electrons. The number of thioether (sulfide) groups is 1. The molecule has 5 nitrogen and oxygen atoms in total. The van der Waals surface area contributed by atoms with E-state index in [9.17, 15) is 9.59 Å². The van der Waals surface area contributed by atoms with E-state index >= 15 is 0 Å². The number of amides is 1. The quantitative estimate of drug-likeness (QED) is 0.684. The molecule has 2 rings (SSSR count). The van der Waals surface area contributed by atoms with Crippen molar-refractivity contribution in [3.8, 4) is 0 Å². The third-order valence-electron chi connectivity index (χ3n) is 2.68. The predicted octanol–water partition coefficient (Wildman–Crippen LogP) is 2.16. The van der Waals surface area contributed by atoms with Crippen LogP contribution in [0.25, 0.3) is 0 Å². The van der Waals surface area contributed by atoms with Crippen molar-refractivity contribution in [2.45, 2.75) is 13.3 Å². The number of hydrogen-bond acceptors (Lipinski definition) is 5. The van der Waals surface area contributed by atoms with Crippen LogP contribution in [0.1, 0.15) is 12.5 Å². The van der Waals surface area contributed by atoms with E-state index in [1.54, 1.807) is 0 Å². The second-order valence-electron chi connectivity index (χ2n) is 4.02. The maximum absolute atomic E-state index is 11.6. The van der Waals surface area contributed by atoms with Crippen LogP contribution in [0.3, 0.4) is 0 Å². The zero-order valence-electron chi connectivity index (χ0n) is 11.2. The van der Waals surface area contributed by atoms with Crippen LogP contribution in [-0.2, 0) is 20.7 Å². The van der Waals surface area contributed by atoms with Gasteiger partial charge in [0.2, 0.25) is 0 Å². The number of rotatable bonds is 3. The minimum absolute atomic E-state index is 0.278. The lowest BCUT2D eigenvalue weighted by Crippen LogP contribution is -2.19. The summed E-state index contributed by atoms with van der Waals surface area (Å²) in [6.45, 7) is 2.08. The number of carbonyl (C=O) groups is 2. The molecule has 0 aromatic heterocycles. The molecule has 0 bridgehead atoms. The molecule has 1 N–H and O–H groups in total. The predicted molar refractivity (Wildman–Crippen MR) is 78.7 cm³/mol. The average molecular weight is 290 g/mol.